The van der Waals surface area contributed by atoms with E-state index < -0.39 is 0 Å². The number of thiazole rings is 1. The van der Waals surface area contributed by atoms with Gasteiger partial charge in [0.2, 0.25) is 0 Å². The second kappa shape index (κ2) is 7.86. The summed E-state index contributed by atoms with van der Waals surface area (Å²) in [6.45, 7) is 0. The monoisotopic (exact) mass is 434 g/mol. The molecule has 132 valence electrons. The van der Waals surface area contributed by atoms with Gasteiger partial charge in [-0.1, -0.05) is 76.6 Å². The Labute approximate surface area is 169 Å². The van der Waals surface area contributed by atoms with Gasteiger partial charge < -0.3 is 0 Å². The number of amides is 1. The third-order valence-electron chi connectivity index (χ3n) is 4.10. The van der Waals surface area contributed by atoms with Crippen molar-refractivity contribution in [3.05, 3.63) is 94.3 Å². The van der Waals surface area contributed by atoms with Gasteiger partial charge in [0.25, 0.3) is 5.91 Å². The first-order valence-electron chi connectivity index (χ1n) is 8.37. The molecule has 3 aromatic carbocycles. The summed E-state index contributed by atoms with van der Waals surface area (Å²) in [4.78, 5) is 16.9. The van der Waals surface area contributed by atoms with E-state index in [2.05, 4.69) is 62.6 Å². The van der Waals surface area contributed by atoms with Crippen LogP contribution >= 0.6 is 27.3 Å². The van der Waals surface area contributed by atoms with E-state index in [1.165, 1.54) is 16.9 Å². The lowest BCUT2D eigenvalue weighted by Crippen LogP contribution is -2.11. The van der Waals surface area contributed by atoms with E-state index in [1.807, 2.05) is 35.7 Å². The molecule has 1 aromatic heterocycles. The van der Waals surface area contributed by atoms with Crippen LogP contribution in [-0.4, -0.2) is 10.9 Å². The van der Waals surface area contributed by atoms with Crippen LogP contribution in [-0.2, 0) is 0 Å². The van der Waals surface area contributed by atoms with Gasteiger partial charge in [-0.25, -0.2) is 4.98 Å². The highest BCUT2D eigenvalue weighted by molar-refractivity contribution is 9.10. The Morgan fingerprint density at radius 1 is 0.852 bits per heavy atom. The van der Waals surface area contributed by atoms with E-state index >= 15 is 0 Å². The first-order valence-corrected chi connectivity index (χ1v) is 10.0. The molecule has 0 saturated heterocycles. The van der Waals surface area contributed by atoms with Crippen LogP contribution in [0, 0.1) is 0 Å². The van der Waals surface area contributed by atoms with Gasteiger partial charge in [0.05, 0.1) is 5.69 Å². The van der Waals surface area contributed by atoms with Gasteiger partial charge in [0.1, 0.15) is 0 Å². The standard InChI is InChI=1S/C22H15BrN2OS/c23-19-8-4-7-18(13-19)21(26)25-22-24-20(14-27-22)17-11-9-16(10-12-17)15-5-2-1-3-6-15/h1-14H,(H,24,25,26). The minimum atomic E-state index is -0.170. The van der Waals surface area contributed by atoms with Gasteiger partial charge in [-0.15, -0.1) is 11.3 Å². The quantitative estimate of drug-likeness (QED) is 0.398. The highest BCUT2D eigenvalue weighted by atomic mass is 79.9. The fraction of sp³-hybridized carbons (Fsp3) is 0. The van der Waals surface area contributed by atoms with Crippen molar-refractivity contribution in [2.24, 2.45) is 0 Å². The number of hydrogen-bond acceptors (Lipinski definition) is 3. The van der Waals surface area contributed by atoms with Crippen molar-refractivity contribution in [2.45, 2.75) is 0 Å². The molecule has 0 saturated carbocycles. The summed E-state index contributed by atoms with van der Waals surface area (Å²) < 4.78 is 0.869. The maximum Gasteiger partial charge on any atom is 0.257 e. The van der Waals surface area contributed by atoms with E-state index in [9.17, 15) is 4.79 Å². The van der Waals surface area contributed by atoms with Crippen LogP contribution in [0.25, 0.3) is 22.4 Å². The molecule has 27 heavy (non-hydrogen) atoms. The number of nitrogens with zero attached hydrogens (tertiary/aromatic N) is 1. The Morgan fingerprint density at radius 3 is 2.30 bits per heavy atom. The molecule has 0 aliphatic heterocycles. The molecule has 1 N–H and O–H groups in total. The third-order valence-corrected chi connectivity index (χ3v) is 5.35. The van der Waals surface area contributed by atoms with Crippen LogP contribution in [0.5, 0.6) is 0 Å². The van der Waals surface area contributed by atoms with Crippen LogP contribution in [0.3, 0.4) is 0 Å². The Bertz CT molecular complexity index is 1070. The van der Waals surface area contributed by atoms with E-state index in [0.717, 1.165) is 21.3 Å². The summed E-state index contributed by atoms with van der Waals surface area (Å²) in [7, 11) is 0. The summed E-state index contributed by atoms with van der Waals surface area (Å²) in [5.74, 6) is -0.170. The largest absolute Gasteiger partial charge is 0.298 e. The molecular formula is C22H15BrN2OS. The summed E-state index contributed by atoms with van der Waals surface area (Å²) in [6, 6.07) is 25.8. The number of benzene rings is 3. The third kappa shape index (κ3) is 4.15. The van der Waals surface area contributed by atoms with Crippen LogP contribution in [0.2, 0.25) is 0 Å². The van der Waals surface area contributed by atoms with Gasteiger partial charge in [0, 0.05) is 21.0 Å². The number of anilines is 1. The molecule has 0 aliphatic carbocycles. The number of hydrogen-bond donors (Lipinski definition) is 1. The van der Waals surface area contributed by atoms with Gasteiger partial charge in [-0.3, -0.25) is 10.1 Å². The molecule has 0 atom stereocenters. The Kier molecular flexibility index (Phi) is 5.14. The lowest BCUT2D eigenvalue weighted by molar-refractivity contribution is 0.102. The van der Waals surface area contributed by atoms with Gasteiger partial charge >= 0.3 is 0 Å². The topological polar surface area (TPSA) is 42.0 Å². The summed E-state index contributed by atoms with van der Waals surface area (Å²) in [5, 5.41) is 5.40. The number of aromatic nitrogens is 1. The molecular weight excluding hydrogens is 420 g/mol. The van der Waals surface area contributed by atoms with E-state index in [1.54, 1.807) is 12.1 Å². The number of halogens is 1. The minimum absolute atomic E-state index is 0.170. The molecule has 4 rings (SSSR count). The fourth-order valence-corrected chi connectivity index (χ4v) is 3.84. The number of carbonyl (C=O) groups excluding carboxylic acids is 1. The molecule has 0 spiro atoms. The molecule has 3 nitrogen and oxygen atoms in total. The zero-order valence-corrected chi connectivity index (χ0v) is 16.6. The van der Waals surface area contributed by atoms with E-state index in [0.29, 0.717) is 10.7 Å². The molecule has 5 heteroatoms. The van der Waals surface area contributed by atoms with Crippen molar-refractivity contribution in [1.29, 1.82) is 0 Å². The van der Waals surface area contributed by atoms with E-state index in [-0.39, 0.29) is 5.91 Å². The van der Waals surface area contributed by atoms with Gasteiger partial charge in [-0.05, 0) is 29.3 Å². The molecule has 0 fully saturated rings. The average molecular weight is 435 g/mol. The lowest BCUT2D eigenvalue weighted by Gasteiger charge is -2.03. The smallest absolute Gasteiger partial charge is 0.257 e. The Balaban J connectivity index is 1.50. The molecule has 1 amide bonds. The van der Waals surface area contributed by atoms with Crippen molar-refractivity contribution >= 4 is 38.3 Å². The molecule has 0 unspecified atom stereocenters. The number of carbonyl (C=O) groups is 1. The van der Waals surface area contributed by atoms with Crippen LogP contribution < -0.4 is 5.32 Å². The summed E-state index contributed by atoms with van der Waals surface area (Å²) in [6.07, 6.45) is 0. The summed E-state index contributed by atoms with van der Waals surface area (Å²) in [5.41, 5.74) is 4.81. The maximum absolute atomic E-state index is 12.3. The Hall–Kier alpha value is -2.76. The van der Waals surface area contributed by atoms with Gasteiger partial charge in [0.15, 0.2) is 5.13 Å². The zero-order chi connectivity index (χ0) is 18.6. The first-order chi connectivity index (χ1) is 13.2. The minimum Gasteiger partial charge on any atom is -0.298 e. The molecule has 1 heterocycles. The van der Waals surface area contributed by atoms with Gasteiger partial charge in [-0.2, -0.15) is 0 Å². The maximum atomic E-state index is 12.3. The SMILES string of the molecule is O=C(Nc1nc(-c2ccc(-c3ccccc3)cc2)cs1)c1cccc(Br)c1. The summed E-state index contributed by atoms with van der Waals surface area (Å²) >= 11 is 4.80. The predicted octanol–water partition coefficient (Wildman–Crippen LogP) is 6.49. The fourth-order valence-electron chi connectivity index (χ4n) is 2.73. The van der Waals surface area contributed by atoms with Crippen LogP contribution in [0.4, 0.5) is 5.13 Å². The highest BCUT2D eigenvalue weighted by Crippen LogP contribution is 2.28. The van der Waals surface area contributed by atoms with Crippen molar-refractivity contribution in [3.63, 3.8) is 0 Å². The second-order valence-corrected chi connectivity index (χ2v) is 7.72. The number of nitrogens with one attached hydrogen (secondary N) is 1. The van der Waals surface area contributed by atoms with Crippen molar-refractivity contribution in [3.8, 4) is 22.4 Å². The van der Waals surface area contributed by atoms with Crippen molar-refractivity contribution in [1.82, 2.24) is 4.98 Å². The van der Waals surface area contributed by atoms with Crippen LogP contribution in [0.15, 0.2) is 88.7 Å². The molecule has 0 radical (unpaired) electrons. The second-order valence-electron chi connectivity index (χ2n) is 5.95. The zero-order valence-electron chi connectivity index (χ0n) is 14.2. The normalized spacial score (nSPS) is 10.6. The van der Waals surface area contributed by atoms with Crippen molar-refractivity contribution < 1.29 is 4.79 Å². The first kappa shape index (κ1) is 17.6. The number of rotatable bonds is 4. The van der Waals surface area contributed by atoms with Crippen molar-refractivity contribution in [2.75, 3.05) is 5.32 Å². The highest BCUT2D eigenvalue weighted by Gasteiger charge is 2.10. The molecule has 0 aliphatic rings. The van der Waals surface area contributed by atoms with Crippen LogP contribution in [0.1, 0.15) is 10.4 Å². The Morgan fingerprint density at radius 2 is 1.56 bits per heavy atom. The molecule has 4 aromatic rings. The average Bonchev–Trinajstić information content (AvgIpc) is 3.17. The van der Waals surface area contributed by atoms with E-state index in [4.69, 9.17) is 0 Å². The lowest BCUT2D eigenvalue weighted by atomic mass is 10.0. The molecule has 0 bridgehead atoms. The predicted molar refractivity (Wildman–Crippen MR) is 115 cm³/mol.